The number of amides is 1. The number of ether oxygens (including phenoxy) is 3. The van der Waals surface area contributed by atoms with Gasteiger partial charge in [0.1, 0.15) is 17.1 Å². The van der Waals surface area contributed by atoms with Crippen molar-refractivity contribution in [3.63, 3.8) is 0 Å². The first-order valence-electron chi connectivity index (χ1n) is 12.1. The number of piperidine rings is 1. The van der Waals surface area contributed by atoms with E-state index in [2.05, 4.69) is 19.1 Å². The fraction of sp³-hybridized carbons (Fsp3) is 0.429. The van der Waals surface area contributed by atoms with Gasteiger partial charge in [0, 0.05) is 24.6 Å². The Labute approximate surface area is 207 Å². The maximum atomic E-state index is 12.5. The van der Waals surface area contributed by atoms with Gasteiger partial charge in [-0.1, -0.05) is 0 Å². The maximum absolute atomic E-state index is 12.5. The Kier molecular flexibility index (Phi) is 7.05. The van der Waals surface area contributed by atoms with E-state index in [1.54, 1.807) is 14.2 Å². The maximum Gasteiger partial charge on any atom is 0.410 e. The zero-order valence-corrected chi connectivity index (χ0v) is 21.5. The molecule has 2 heterocycles. The Bertz CT molecular complexity index is 1150. The molecule has 1 fully saturated rings. The van der Waals surface area contributed by atoms with Crippen LogP contribution < -0.4 is 9.47 Å². The summed E-state index contributed by atoms with van der Waals surface area (Å²) in [4.78, 5) is 14.3. The van der Waals surface area contributed by atoms with Crippen LogP contribution in [-0.4, -0.2) is 53.7 Å². The van der Waals surface area contributed by atoms with Crippen LogP contribution in [0.4, 0.5) is 4.79 Å². The van der Waals surface area contributed by atoms with E-state index < -0.39 is 5.60 Å². The molecule has 0 spiro atoms. The summed E-state index contributed by atoms with van der Waals surface area (Å²) in [6, 6.07) is 16.0. The predicted octanol–water partition coefficient (Wildman–Crippen LogP) is 5.98. The van der Waals surface area contributed by atoms with Gasteiger partial charge in [0.25, 0.3) is 0 Å². The van der Waals surface area contributed by atoms with Gasteiger partial charge >= 0.3 is 6.09 Å². The molecule has 0 aliphatic carbocycles. The molecular weight excluding hydrogens is 442 g/mol. The van der Waals surface area contributed by atoms with Crippen molar-refractivity contribution in [3.05, 3.63) is 59.8 Å². The van der Waals surface area contributed by atoms with Crippen LogP contribution in [0.25, 0.3) is 16.9 Å². The normalized spacial score (nSPS) is 14.6. The highest BCUT2D eigenvalue weighted by molar-refractivity contribution is 5.69. The van der Waals surface area contributed by atoms with E-state index in [0.29, 0.717) is 13.1 Å². The summed E-state index contributed by atoms with van der Waals surface area (Å²) in [5.74, 6) is 1.89. The monoisotopic (exact) mass is 477 g/mol. The Balaban J connectivity index is 1.65. The Morgan fingerprint density at radius 3 is 1.97 bits per heavy atom. The summed E-state index contributed by atoms with van der Waals surface area (Å²) in [5.41, 5.74) is 4.84. The van der Waals surface area contributed by atoms with Gasteiger partial charge in [0.2, 0.25) is 0 Å². The summed E-state index contributed by atoms with van der Waals surface area (Å²) in [6.07, 6.45) is 1.46. The molecule has 0 bridgehead atoms. The minimum absolute atomic E-state index is 0.240. The van der Waals surface area contributed by atoms with Crippen molar-refractivity contribution in [1.82, 2.24) is 14.7 Å². The molecule has 7 nitrogen and oxygen atoms in total. The van der Waals surface area contributed by atoms with Gasteiger partial charge < -0.3 is 19.1 Å². The van der Waals surface area contributed by atoms with Gasteiger partial charge in [-0.05, 0) is 94.6 Å². The Morgan fingerprint density at radius 2 is 1.46 bits per heavy atom. The van der Waals surface area contributed by atoms with E-state index in [1.165, 1.54) is 0 Å². The molecule has 1 aliphatic heterocycles. The third-order valence-electron chi connectivity index (χ3n) is 6.37. The molecule has 0 unspecified atom stereocenters. The number of likely N-dealkylation sites (tertiary alicyclic amines) is 1. The quantitative estimate of drug-likeness (QED) is 0.452. The molecule has 35 heavy (non-hydrogen) atoms. The third kappa shape index (κ3) is 5.45. The van der Waals surface area contributed by atoms with Crippen LogP contribution in [0, 0.1) is 6.92 Å². The Hall–Kier alpha value is -3.48. The van der Waals surface area contributed by atoms with Crippen molar-refractivity contribution in [3.8, 4) is 28.4 Å². The second kappa shape index (κ2) is 10.0. The van der Waals surface area contributed by atoms with E-state index >= 15 is 0 Å². The lowest BCUT2D eigenvalue weighted by atomic mass is 9.90. The van der Waals surface area contributed by atoms with Gasteiger partial charge in [-0.3, -0.25) is 0 Å². The molecule has 4 rings (SSSR count). The molecule has 3 aromatic rings. The molecule has 1 aliphatic rings. The molecule has 2 aromatic carbocycles. The first kappa shape index (κ1) is 24.6. The first-order chi connectivity index (χ1) is 16.7. The highest BCUT2D eigenvalue weighted by Crippen LogP contribution is 2.37. The summed E-state index contributed by atoms with van der Waals surface area (Å²) < 4.78 is 18.3. The topological polar surface area (TPSA) is 65.8 Å². The average Bonchev–Trinajstić information content (AvgIpc) is 3.20. The largest absolute Gasteiger partial charge is 0.497 e. The third-order valence-corrected chi connectivity index (χ3v) is 6.37. The lowest BCUT2D eigenvalue weighted by molar-refractivity contribution is 0.0204. The molecule has 1 amide bonds. The van der Waals surface area contributed by atoms with E-state index in [0.717, 1.165) is 52.5 Å². The van der Waals surface area contributed by atoms with Crippen molar-refractivity contribution >= 4 is 6.09 Å². The molecule has 186 valence electrons. The smallest absolute Gasteiger partial charge is 0.410 e. The number of methoxy groups -OCH3 is 2. The summed E-state index contributed by atoms with van der Waals surface area (Å²) in [6.45, 7) is 9.15. The highest BCUT2D eigenvalue weighted by atomic mass is 16.6. The van der Waals surface area contributed by atoms with Crippen molar-refractivity contribution < 1.29 is 19.0 Å². The molecule has 1 saturated heterocycles. The molecule has 0 N–H and O–H groups in total. The SMILES string of the molecule is COc1ccc(-c2c(C)c(C3CCN(C(=O)OC(C)(C)C)CC3)nn2-c2ccc(OC)cc2)cc1. The zero-order valence-electron chi connectivity index (χ0n) is 21.5. The van der Waals surface area contributed by atoms with Gasteiger partial charge in [-0.25, -0.2) is 9.48 Å². The standard InChI is InChI=1S/C28H35N3O4/c1-19-25(20-15-17-30(18-16-20)27(32)35-28(2,3)4)29-31(22-9-13-24(34-6)14-10-22)26(19)21-7-11-23(33-5)12-8-21/h7-14,20H,15-18H2,1-6H3. The zero-order chi connectivity index (χ0) is 25.2. The molecule has 0 saturated carbocycles. The van der Waals surface area contributed by atoms with Crippen molar-refractivity contribution in [2.45, 2.75) is 52.1 Å². The Morgan fingerprint density at radius 1 is 0.914 bits per heavy atom. The average molecular weight is 478 g/mol. The van der Waals surface area contributed by atoms with Crippen molar-refractivity contribution in [2.75, 3.05) is 27.3 Å². The number of carbonyl (C=O) groups excluding carboxylic acids is 1. The number of benzene rings is 2. The molecule has 7 heteroatoms. The number of carbonyl (C=O) groups is 1. The van der Waals surface area contributed by atoms with Gasteiger partial charge in [0.05, 0.1) is 31.3 Å². The minimum atomic E-state index is -0.491. The molecule has 0 radical (unpaired) electrons. The van der Waals surface area contributed by atoms with Crippen LogP contribution in [0.2, 0.25) is 0 Å². The van der Waals surface area contributed by atoms with Crippen LogP contribution >= 0.6 is 0 Å². The van der Waals surface area contributed by atoms with Crippen molar-refractivity contribution in [2.24, 2.45) is 0 Å². The molecule has 1 aromatic heterocycles. The number of hydrogen-bond donors (Lipinski definition) is 0. The molecular formula is C28H35N3O4. The van der Waals surface area contributed by atoms with E-state index in [9.17, 15) is 4.79 Å². The fourth-order valence-electron chi connectivity index (χ4n) is 4.56. The second-order valence-corrected chi connectivity index (χ2v) is 9.94. The van der Waals surface area contributed by atoms with Gasteiger partial charge in [-0.2, -0.15) is 5.10 Å². The van der Waals surface area contributed by atoms with E-state index in [4.69, 9.17) is 19.3 Å². The lowest BCUT2D eigenvalue weighted by Gasteiger charge is -2.33. The number of nitrogens with zero attached hydrogens (tertiary/aromatic N) is 3. The van der Waals surface area contributed by atoms with Crippen molar-refractivity contribution in [1.29, 1.82) is 0 Å². The van der Waals surface area contributed by atoms with Crippen LogP contribution in [0.15, 0.2) is 48.5 Å². The first-order valence-corrected chi connectivity index (χ1v) is 12.1. The number of hydrogen-bond acceptors (Lipinski definition) is 5. The van der Waals surface area contributed by atoms with Crippen LogP contribution in [0.3, 0.4) is 0 Å². The minimum Gasteiger partial charge on any atom is -0.497 e. The van der Waals surface area contributed by atoms with Crippen LogP contribution in [-0.2, 0) is 4.74 Å². The van der Waals surface area contributed by atoms with E-state index in [-0.39, 0.29) is 12.0 Å². The highest BCUT2D eigenvalue weighted by Gasteiger charge is 2.31. The van der Waals surface area contributed by atoms with Crippen LogP contribution in [0.5, 0.6) is 11.5 Å². The fourth-order valence-corrected chi connectivity index (χ4v) is 4.56. The number of rotatable bonds is 5. The predicted molar refractivity (Wildman–Crippen MR) is 137 cm³/mol. The summed E-state index contributed by atoms with van der Waals surface area (Å²) >= 11 is 0. The van der Waals surface area contributed by atoms with Gasteiger partial charge in [0.15, 0.2) is 0 Å². The molecule has 0 atom stereocenters. The van der Waals surface area contributed by atoms with Gasteiger partial charge in [-0.15, -0.1) is 0 Å². The summed E-state index contributed by atoms with van der Waals surface area (Å²) in [5, 5.41) is 5.12. The lowest BCUT2D eigenvalue weighted by Crippen LogP contribution is -2.41. The van der Waals surface area contributed by atoms with Crippen LogP contribution in [0.1, 0.15) is 50.8 Å². The number of aromatic nitrogens is 2. The summed E-state index contributed by atoms with van der Waals surface area (Å²) in [7, 11) is 3.33. The second-order valence-electron chi connectivity index (χ2n) is 9.94. The van der Waals surface area contributed by atoms with E-state index in [1.807, 2.05) is 66.8 Å².